The normalized spacial score (nSPS) is 16.2. The molecule has 0 bridgehead atoms. The van der Waals surface area contributed by atoms with Gasteiger partial charge in [0.25, 0.3) is 0 Å². The monoisotopic (exact) mass is 287 g/mol. The molecule has 0 saturated heterocycles. The fourth-order valence-electron chi connectivity index (χ4n) is 1.33. The molecule has 90 valence electrons. The fraction of sp³-hybridized carbons (Fsp3) is 0.182. The number of allylic oxidation sites excluding steroid dienone is 1. The molecule has 1 N–H and O–H groups in total. The Morgan fingerprint density at radius 2 is 2.00 bits per heavy atom. The van der Waals surface area contributed by atoms with Crippen LogP contribution in [-0.2, 0) is 0 Å². The maximum atomic E-state index is 6.25. The summed E-state index contributed by atoms with van der Waals surface area (Å²) in [4.78, 5) is 6.03. The van der Waals surface area contributed by atoms with Crippen molar-refractivity contribution < 1.29 is 0 Å². The van der Waals surface area contributed by atoms with Crippen molar-refractivity contribution in [2.45, 2.75) is 4.90 Å². The molecule has 3 nitrogen and oxygen atoms in total. The lowest BCUT2D eigenvalue weighted by Gasteiger charge is -2.26. The molecule has 0 fully saturated rings. The lowest BCUT2D eigenvalue weighted by Crippen LogP contribution is -2.36. The lowest BCUT2D eigenvalue weighted by molar-refractivity contribution is 0.295. The molecule has 0 saturated carbocycles. The maximum absolute atomic E-state index is 6.25. The predicted molar refractivity (Wildman–Crippen MR) is 74.2 cm³/mol. The first-order valence-electron chi connectivity index (χ1n) is 5.00. The number of hydrazine groups is 1. The average Bonchev–Trinajstić information content (AvgIpc) is 2.36. The van der Waals surface area contributed by atoms with Crippen LogP contribution < -0.4 is 5.43 Å². The van der Waals surface area contributed by atoms with Crippen molar-refractivity contribution in [2.75, 3.05) is 13.7 Å². The van der Waals surface area contributed by atoms with Gasteiger partial charge in [0.1, 0.15) is 17.0 Å². The van der Waals surface area contributed by atoms with E-state index >= 15 is 0 Å². The predicted octanol–water partition coefficient (Wildman–Crippen LogP) is 3.23. The molecular weight excluding hydrogens is 277 g/mol. The number of hydrogen-bond donors (Lipinski definition) is 1. The second kappa shape index (κ2) is 5.78. The summed E-state index contributed by atoms with van der Waals surface area (Å²) in [5, 5.41) is 2.76. The number of benzene rings is 1. The van der Waals surface area contributed by atoms with Crippen LogP contribution in [0, 0.1) is 0 Å². The summed E-state index contributed by atoms with van der Waals surface area (Å²) in [6.07, 6.45) is 0. The van der Waals surface area contributed by atoms with Gasteiger partial charge in [0, 0.05) is 11.9 Å². The molecule has 0 aliphatic carbocycles. The SMILES string of the molecule is CNN1CN=C(Cl)C(Sc2ccccc2)=C1Cl. The van der Waals surface area contributed by atoms with Crippen molar-refractivity contribution in [3.63, 3.8) is 0 Å². The first kappa shape index (κ1) is 12.8. The summed E-state index contributed by atoms with van der Waals surface area (Å²) < 4.78 is 0. The molecule has 1 aliphatic heterocycles. The van der Waals surface area contributed by atoms with Gasteiger partial charge in [-0.25, -0.2) is 10.4 Å². The first-order chi connectivity index (χ1) is 8.22. The van der Waals surface area contributed by atoms with Gasteiger partial charge in [-0.2, -0.15) is 0 Å². The average molecular weight is 288 g/mol. The van der Waals surface area contributed by atoms with E-state index in [-0.39, 0.29) is 0 Å². The second-order valence-electron chi connectivity index (χ2n) is 3.28. The summed E-state index contributed by atoms with van der Waals surface area (Å²) in [7, 11) is 1.79. The highest BCUT2D eigenvalue weighted by Gasteiger charge is 2.21. The van der Waals surface area contributed by atoms with E-state index in [9.17, 15) is 0 Å². The largest absolute Gasteiger partial charge is 0.275 e. The van der Waals surface area contributed by atoms with Crippen LogP contribution in [0.2, 0.25) is 0 Å². The zero-order valence-corrected chi connectivity index (χ0v) is 11.5. The molecule has 2 rings (SSSR count). The van der Waals surface area contributed by atoms with E-state index in [1.165, 1.54) is 11.8 Å². The summed E-state index contributed by atoms with van der Waals surface area (Å²) >= 11 is 13.8. The van der Waals surface area contributed by atoms with Crippen molar-refractivity contribution in [3.8, 4) is 0 Å². The highest BCUT2D eigenvalue weighted by molar-refractivity contribution is 8.04. The lowest BCUT2D eigenvalue weighted by atomic mass is 10.4. The zero-order chi connectivity index (χ0) is 12.3. The number of halogens is 2. The number of nitrogens with zero attached hydrogens (tertiary/aromatic N) is 2. The molecule has 0 amide bonds. The molecular formula is C11H11Cl2N3S. The van der Waals surface area contributed by atoms with Gasteiger partial charge in [0.2, 0.25) is 0 Å². The van der Waals surface area contributed by atoms with Crippen molar-refractivity contribution in [2.24, 2.45) is 4.99 Å². The van der Waals surface area contributed by atoms with Crippen molar-refractivity contribution in [1.82, 2.24) is 10.4 Å². The van der Waals surface area contributed by atoms with Crippen LogP contribution in [0.3, 0.4) is 0 Å². The third-order valence-electron chi connectivity index (χ3n) is 2.20. The van der Waals surface area contributed by atoms with E-state index in [0.29, 0.717) is 17.0 Å². The van der Waals surface area contributed by atoms with Gasteiger partial charge in [-0.05, 0) is 12.1 Å². The molecule has 6 heteroatoms. The minimum absolute atomic E-state index is 0.424. The summed E-state index contributed by atoms with van der Waals surface area (Å²) in [6, 6.07) is 9.92. The fourth-order valence-corrected chi connectivity index (χ4v) is 2.86. The minimum atomic E-state index is 0.424. The maximum Gasteiger partial charge on any atom is 0.142 e. The highest BCUT2D eigenvalue weighted by Crippen LogP contribution is 2.35. The molecule has 1 aliphatic rings. The van der Waals surface area contributed by atoms with E-state index in [1.54, 1.807) is 12.1 Å². The molecule has 0 unspecified atom stereocenters. The molecule has 1 aromatic carbocycles. The van der Waals surface area contributed by atoms with Crippen molar-refractivity contribution in [3.05, 3.63) is 40.4 Å². The standard InChI is InChI=1S/C11H11Cl2N3S/c1-14-16-7-15-10(12)9(11(16)13)17-8-5-3-2-4-6-8/h2-6,14H,7H2,1H3. The molecule has 1 heterocycles. The topological polar surface area (TPSA) is 27.6 Å². The van der Waals surface area contributed by atoms with Crippen LogP contribution >= 0.6 is 35.0 Å². The Balaban J connectivity index is 2.26. The summed E-state index contributed by atoms with van der Waals surface area (Å²) in [5.41, 5.74) is 2.95. The Morgan fingerprint density at radius 3 is 2.65 bits per heavy atom. The molecule has 0 aromatic heterocycles. The Labute approximate surface area is 114 Å². The van der Waals surface area contributed by atoms with Crippen molar-refractivity contribution >= 4 is 40.1 Å². The number of hydrogen-bond acceptors (Lipinski definition) is 4. The third-order valence-corrected chi connectivity index (χ3v) is 4.22. The number of rotatable bonds is 3. The molecule has 17 heavy (non-hydrogen) atoms. The second-order valence-corrected chi connectivity index (χ2v) is 5.08. The van der Waals surface area contributed by atoms with E-state index in [2.05, 4.69) is 10.4 Å². The van der Waals surface area contributed by atoms with Gasteiger partial charge < -0.3 is 0 Å². The highest BCUT2D eigenvalue weighted by atomic mass is 35.5. The Hall–Kier alpha value is -0.680. The Bertz CT molecular complexity index is 459. The van der Waals surface area contributed by atoms with Crippen LogP contribution in [0.5, 0.6) is 0 Å². The zero-order valence-electron chi connectivity index (χ0n) is 9.15. The summed E-state index contributed by atoms with van der Waals surface area (Å²) in [6.45, 7) is 0.424. The number of aliphatic imine (C=N–C) groups is 1. The Morgan fingerprint density at radius 1 is 1.29 bits per heavy atom. The van der Waals surface area contributed by atoms with Crippen LogP contribution in [0.4, 0.5) is 0 Å². The number of nitrogens with one attached hydrogen (secondary N) is 1. The molecule has 0 spiro atoms. The Kier molecular flexibility index (Phi) is 4.34. The molecule has 0 atom stereocenters. The van der Waals surface area contributed by atoms with Gasteiger partial charge >= 0.3 is 0 Å². The number of thioether (sulfide) groups is 1. The van der Waals surface area contributed by atoms with Crippen LogP contribution in [0.1, 0.15) is 0 Å². The van der Waals surface area contributed by atoms with Gasteiger partial charge in [-0.3, -0.25) is 5.01 Å². The van der Waals surface area contributed by atoms with E-state index in [1.807, 2.05) is 30.3 Å². The summed E-state index contributed by atoms with van der Waals surface area (Å²) in [5.74, 6) is 0. The van der Waals surface area contributed by atoms with Gasteiger partial charge in [-0.1, -0.05) is 53.2 Å². The quantitative estimate of drug-likeness (QED) is 0.865. The molecule has 1 aromatic rings. The van der Waals surface area contributed by atoms with Crippen molar-refractivity contribution in [1.29, 1.82) is 0 Å². The van der Waals surface area contributed by atoms with Gasteiger partial charge in [0.05, 0.1) is 4.91 Å². The smallest absolute Gasteiger partial charge is 0.142 e. The third kappa shape index (κ3) is 2.96. The van der Waals surface area contributed by atoms with Crippen LogP contribution in [0.15, 0.2) is 50.3 Å². The van der Waals surface area contributed by atoms with E-state index < -0.39 is 0 Å². The van der Waals surface area contributed by atoms with Crippen LogP contribution in [-0.4, -0.2) is 23.9 Å². The van der Waals surface area contributed by atoms with Gasteiger partial charge in [-0.15, -0.1) is 0 Å². The van der Waals surface area contributed by atoms with Crippen LogP contribution in [0.25, 0.3) is 0 Å². The van der Waals surface area contributed by atoms with E-state index in [0.717, 1.165) is 9.80 Å². The first-order valence-corrected chi connectivity index (χ1v) is 6.57. The van der Waals surface area contributed by atoms with Gasteiger partial charge in [0.15, 0.2) is 0 Å². The minimum Gasteiger partial charge on any atom is -0.275 e. The molecule has 0 radical (unpaired) electrons. The van der Waals surface area contributed by atoms with E-state index in [4.69, 9.17) is 23.2 Å².